The summed E-state index contributed by atoms with van der Waals surface area (Å²) in [5.74, 6) is -2.01. The van der Waals surface area contributed by atoms with Crippen molar-refractivity contribution in [2.24, 2.45) is 0 Å². The number of hydrogen-bond acceptors (Lipinski definition) is 5. The van der Waals surface area contributed by atoms with E-state index >= 15 is 0 Å². The lowest BCUT2D eigenvalue weighted by Gasteiger charge is -2.11. The molecule has 1 heterocycles. The molecule has 0 unspecified atom stereocenters. The summed E-state index contributed by atoms with van der Waals surface area (Å²) in [4.78, 5) is 15.9. The first-order chi connectivity index (χ1) is 8.59. The van der Waals surface area contributed by atoms with Crippen molar-refractivity contribution >= 4 is 28.7 Å². The minimum atomic E-state index is -1.26. The number of hydrogen-bond donors (Lipinski definition) is 3. The van der Waals surface area contributed by atoms with Crippen molar-refractivity contribution in [3.05, 3.63) is 40.1 Å². The van der Waals surface area contributed by atoms with Crippen LogP contribution in [0.4, 0.5) is 15.8 Å². The predicted molar refractivity (Wildman–Crippen MR) is 67.2 cm³/mol. The summed E-state index contributed by atoms with van der Waals surface area (Å²) < 4.78 is 13.2. The minimum Gasteiger partial charge on any atom is -0.478 e. The zero-order valence-electron chi connectivity index (χ0n) is 9.18. The number of carbonyl (C=O) groups is 1. The molecule has 0 spiro atoms. The number of nitrogens with one attached hydrogen (secondary N) is 1. The lowest BCUT2D eigenvalue weighted by atomic mass is 10.1. The Morgan fingerprint density at radius 2 is 2.33 bits per heavy atom. The van der Waals surface area contributed by atoms with Crippen LogP contribution in [0.3, 0.4) is 0 Å². The number of nitrogens with two attached hydrogens (primary N) is 1. The zero-order chi connectivity index (χ0) is 13.1. The first kappa shape index (κ1) is 12.3. The normalized spacial score (nSPS) is 10.3. The van der Waals surface area contributed by atoms with E-state index in [2.05, 4.69) is 10.3 Å². The second-order valence-corrected chi connectivity index (χ2v) is 4.48. The molecule has 5 nitrogen and oxygen atoms in total. The van der Waals surface area contributed by atoms with Crippen molar-refractivity contribution in [2.75, 3.05) is 11.1 Å². The van der Waals surface area contributed by atoms with Gasteiger partial charge in [-0.05, 0) is 12.1 Å². The lowest BCUT2D eigenvalue weighted by molar-refractivity contribution is 0.0698. The van der Waals surface area contributed by atoms with Crippen LogP contribution in [0.5, 0.6) is 0 Å². The predicted octanol–water partition coefficient (Wildman–Crippen LogP) is 2.17. The Bertz CT molecular complexity index is 572. The molecule has 4 N–H and O–H groups in total. The number of nitrogen functional groups attached to an aromatic ring is 1. The molecule has 0 radical (unpaired) electrons. The highest BCUT2D eigenvalue weighted by atomic mass is 32.1. The molecule has 0 aliphatic rings. The third kappa shape index (κ3) is 2.40. The average molecular weight is 267 g/mol. The Labute approximate surface area is 106 Å². The van der Waals surface area contributed by atoms with Gasteiger partial charge in [-0.15, -0.1) is 11.3 Å². The van der Waals surface area contributed by atoms with E-state index in [4.69, 9.17) is 10.8 Å². The molecule has 0 aliphatic heterocycles. The molecule has 0 saturated carbocycles. The highest BCUT2D eigenvalue weighted by Gasteiger charge is 2.17. The maximum Gasteiger partial charge on any atom is 0.340 e. The first-order valence-electron chi connectivity index (χ1n) is 5.02. The molecule has 7 heteroatoms. The van der Waals surface area contributed by atoms with Crippen molar-refractivity contribution in [2.45, 2.75) is 6.54 Å². The average Bonchev–Trinajstić information content (AvgIpc) is 2.83. The standard InChI is InChI=1S/C11H10FN3O2S/c12-7-1-2-8(9(10(7)13)11(16)17)15-4-6-3-14-5-18-6/h1-3,5,15H,4,13H2,(H,16,17). The van der Waals surface area contributed by atoms with Crippen molar-refractivity contribution in [1.29, 1.82) is 0 Å². The van der Waals surface area contributed by atoms with E-state index in [9.17, 15) is 9.18 Å². The second-order valence-electron chi connectivity index (χ2n) is 3.51. The van der Waals surface area contributed by atoms with Gasteiger partial charge in [0, 0.05) is 11.1 Å². The van der Waals surface area contributed by atoms with Gasteiger partial charge in [-0.3, -0.25) is 4.98 Å². The van der Waals surface area contributed by atoms with E-state index in [1.54, 1.807) is 11.7 Å². The number of halogens is 1. The zero-order valence-corrected chi connectivity index (χ0v) is 10.00. The summed E-state index contributed by atoms with van der Waals surface area (Å²) in [6.07, 6.45) is 1.67. The molecule has 2 rings (SSSR count). The fraction of sp³-hybridized carbons (Fsp3) is 0.0909. The molecule has 0 amide bonds. The summed E-state index contributed by atoms with van der Waals surface area (Å²) >= 11 is 1.44. The van der Waals surface area contributed by atoms with E-state index in [1.807, 2.05) is 0 Å². The first-order valence-corrected chi connectivity index (χ1v) is 5.90. The number of anilines is 2. The molecule has 0 fully saturated rings. The van der Waals surface area contributed by atoms with Crippen LogP contribution in [0.15, 0.2) is 23.8 Å². The third-order valence-corrected chi connectivity index (χ3v) is 3.12. The molecule has 1 aromatic carbocycles. The number of benzene rings is 1. The van der Waals surface area contributed by atoms with Crippen LogP contribution in [0, 0.1) is 5.82 Å². The lowest BCUT2D eigenvalue weighted by Crippen LogP contribution is -2.10. The minimum absolute atomic E-state index is 0.250. The molecular weight excluding hydrogens is 257 g/mol. The Hall–Kier alpha value is -2.15. The number of carboxylic acid groups (broad SMARTS) is 1. The summed E-state index contributed by atoms with van der Waals surface area (Å²) in [5, 5.41) is 11.9. The smallest absolute Gasteiger partial charge is 0.340 e. The fourth-order valence-electron chi connectivity index (χ4n) is 1.48. The highest BCUT2D eigenvalue weighted by molar-refractivity contribution is 7.09. The number of thiazole rings is 1. The van der Waals surface area contributed by atoms with E-state index in [-0.39, 0.29) is 16.9 Å². The van der Waals surface area contributed by atoms with Crippen LogP contribution >= 0.6 is 11.3 Å². The van der Waals surface area contributed by atoms with Gasteiger partial charge >= 0.3 is 5.97 Å². The van der Waals surface area contributed by atoms with Crippen LogP contribution in [-0.2, 0) is 6.54 Å². The highest BCUT2D eigenvalue weighted by Crippen LogP contribution is 2.25. The number of carboxylic acids is 1. The van der Waals surface area contributed by atoms with Crippen LogP contribution in [0.1, 0.15) is 15.2 Å². The number of aromatic nitrogens is 1. The van der Waals surface area contributed by atoms with Crippen LogP contribution in [-0.4, -0.2) is 16.1 Å². The van der Waals surface area contributed by atoms with Crippen molar-refractivity contribution in [1.82, 2.24) is 4.98 Å². The Balaban J connectivity index is 2.27. The van der Waals surface area contributed by atoms with Crippen molar-refractivity contribution < 1.29 is 14.3 Å². The van der Waals surface area contributed by atoms with Crippen LogP contribution < -0.4 is 11.1 Å². The molecule has 1 aromatic heterocycles. The van der Waals surface area contributed by atoms with E-state index in [0.717, 1.165) is 10.9 Å². The maximum absolute atomic E-state index is 13.2. The topological polar surface area (TPSA) is 88.2 Å². The fourth-order valence-corrected chi connectivity index (χ4v) is 2.02. The van der Waals surface area contributed by atoms with Gasteiger partial charge in [0.2, 0.25) is 0 Å². The van der Waals surface area contributed by atoms with Gasteiger partial charge in [0.1, 0.15) is 11.4 Å². The summed E-state index contributed by atoms with van der Waals surface area (Å²) in [5.41, 5.74) is 6.77. The van der Waals surface area contributed by atoms with E-state index in [0.29, 0.717) is 6.54 Å². The number of aromatic carboxylic acids is 1. The number of rotatable bonds is 4. The van der Waals surface area contributed by atoms with Crippen molar-refractivity contribution in [3.63, 3.8) is 0 Å². The summed E-state index contributed by atoms with van der Waals surface area (Å²) in [7, 11) is 0. The van der Waals surface area contributed by atoms with Gasteiger partial charge in [0.15, 0.2) is 0 Å². The number of nitrogens with zero attached hydrogens (tertiary/aromatic N) is 1. The van der Waals surface area contributed by atoms with E-state index in [1.165, 1.54) is 17.4 Å². The van der Waals surface area contributed by atoms with Gasteiger partial charge in [-0.25, -0.2) is 9.18 Å². The van der Waals surface area contributed by atoms with Crippen LogP contribution in [0.2, 0.25) is 0 Å². The molecule has 94 valence electrons. The van der Waals surface area contributed by atoms with Gasteiger partial charge in [0.25, 0.3) is 0 Å². The van der Waals surface area contributed by atoms with Crippen molar-refractivity contribution in [3.8, 4) is 0 Å². The monoisotopic (exact) mass is 267 g/mol. The van der Waals surface area contributed by atoms with Crippen LogP contribution in [0.25, 0.3) is 0 Å². The summed E-state index contributed by atoms with van der Waals surface area (Å²) in [6, 6.07) is 2.49. The van der Waals surface area contributed by atoms with Gasteiger partial charge in [-0.1, -0.05) is 0 Å². The molecule has 0 saturated heterocycles. The third-order valence-electron chi connectivity index (χ3n) is 2.34. The molecule has 18 heavy (non-hydrogen) atoms. The van der Waals surface area contributed by atoms with E-state index < -0.39 is 11.8 Å². The quantitative estimate of drug-likeness (QED) is 0.739. The largest absolute Gasteiger partial charge is 0.478 e. The van der Waals surface area contributed by atoms with Gasteiger partial charge in [-0.2, -0.15) is 0 Å². The molecule has 0 bridgehead atoms. The Morgan fingerprint density at radius 3 is 2.94 bits per heavy atom. The SMILES string of the molecule is Nc1c(F)ccc(NCc2cncs2)c1C(=O)O. The maximum atomic E-state index is 13.2. The van der Waals surface area contributed by atoms with Gasteiger partial charge < -0.3 is 16.2 Å². The second kappa shape index (κ2) is 5.01. The molecule has 0 aliphatic carbocycles. The Morgan fingerprint density at radius 1 is 1.56 bits per heavy atom. The summed E-state index contributed by atoms with van der Waals surface area (Å²) in [6.45, 7) is 0.413. The molecular formula is C11H10FN3O2S. The van der Waals surface area contributed by atoms with Gasteiger partial charge in [0.05, 0.1) is 23.4 Å². The Kier molecular flexibility index (Phi) is 3.42. The molecule has 2 aromatic rings. The molecule has 0 atom stereocenters.